The van der Waals surface area contributed by atoms with Crippen molar-refractivity contribution in [1.82, 2.24) is 4.90 Å². The number of hydrogen-bond donors (Lipinski definition) is 0. The zero-order valence-corrected chi connectivity index (χ0v) is 17.9. The van der Waals surface area contributed by atoms with Gasteiger partial charge in [0.1, 0.15) is 6.29 Å². The number of anilines is 1. The summed E-state index contributed by atoms with van der Waals surface area (Å²) in [6, 6.07) is 28.0. The fourth-order valence-corrected chi connectivity index (χ4v) is 4.47. The minimum Gasteiger partial charge on any atom is -0.371 e. The van der Waals surface area contributed by atoms with Gasteiger partial charge in [-0.2, -0.15) is 0 Å². The molecule has 0 atom stereocenters. The van der Waals surface area contributed by atoms with Crippen LogP contribution in [0.4, 0.5) is 5.69 Å². The van der Waals surface area contributed by atoms with Crippen LogP contribution in [0.3, 0.4) is 0 Å². The predicted molar refractivity (Wildman–Crippen MR) is 124 cm³/mol. The highest BCUT2D eigenvalue weighted by Crippen LogP contribution is 2.31. The van der Waals surface area contributed by atoms with Crippen LogP contribution in [-0.4, -0.2) is 37.2 Å². The number of hydrogen-bond acceptors (Lipinski definition) is 3. The van der Waals surface area contributed by atoms with Crippen LogP contribution >= 0.6 is 0 Å². The van der Waals surface area contributed by atoms with Crippen molar-refractivity contribution in [2.45, 2.75) is 18.9 Å². The van der Waals surface area contributed by atoms with E-state index in [0.29, 0.717) is 5.56 Å². The molecule has 1 aliphatic heterocycles. The Labute approximate surface area is 184 Å². The highest BCUT2D eigenvalue weighted by molar-refractivity contribution is 5.80. The Kier molecular flexibility index (Phi) is 6.46. The van der Waals surface area contributed by atoms with E-state index in [-0.39, 0.29) is 17.9 Å². The average molecular weight is 413 g/mol. The molecule has 0 N–H and O–H groups in total. The lowest BCUT2D eigenvalue weighted by Crippen LogP contribution is -2.42. The van der Waals surface area contributed by atoms with Gasteiger partial charge in [0.15, 0.2) is 0 Å². The van der Waals surface area contributed by atoms with Crippen LogP contribution in [-0.2, 0) is 4.79 Å². The van der Waals surface area contributed by atoms with Gasteiger partial charge in [-0.15, -0.1) is 0 Å². The molecule has 1 fully saturated rings. The first kappa shape index (κ1) is 20.9. The second-order valence-electron chi connectivity index (χ2n) is 8.14. The molecule has 3 aromatic carbocycles. The molecule has 0 bridgehead atoms. The Morgan fingerprint density at radius 1 is 0.871 bits per heavy atom. The van der Waals surface area contributed by atoms with Crippen LogP contribution in [0.15, 0.2) is 84.9 Å². The molecule has 0 aromatic heterocycles. The summed E-state index contributed by atoms with van der Waals surface area (Å²) in [7, 11) is 1.93. The van der Waals surface area contributed by atoms with Gasteiger partial charge >= 0.3 is 0 Å². The summed E-state index contributed by atoms with van der Waals surface area (Å²) < 4.78 is 0. The number of carbonyl (C=O) groups is 2. The molecule has 3 aromatic rings. The average Bonchev–Trinajstić information content (AvgIpc) is 2.85. The Bertz CT molecular complexity index is 955. The second kappa shape index (κ2) is 9.61. The van der Waals surface area contributed by atoms with Crippen LogP contribution in [0.5, 0.6) is 0 Å². The normalized spacial score (nSPS) is 14.5. The minimum atomic E-state index is -0.0937. The molecule has 158 valence electrons. The predicted octanol–water partition coefficient (Wildman–Crippen LogP) is 4.96. The molecule has 4 heteroatoms. The molecule has 4 rings (SSSR count). The summed E-state index contributed by atoms with van der Waals surface area (Å²) in [6.45, 7) is 1.68. The van der Waals surface area contributed by atoms with Gasteiger partial charge in [-0.1, -0.05) is 60.7 Å². The lowest BCUT2D eigenvalue weighted by molar-refractivity contribution is -0.136. The molecule has 0 spiro atoms. The number of aldehydes is 1. The van der Waals surface area contributed by atoms with Gasteiger partial charge in [-0.05, 0) is 48.2 Å². The van der Waals surface area contributed by atoms with Crippen molar-refractivity contribution in [2.75, 3.05) is 25.0 Å². The highest BCUT2D eigenvalue weighted by Gasteiger charge is 2.31. The monoisotopic (exact) mass is 412 g/mol. The Morgan fingerprint density at radius 2 is 1.39 bits per heavy atom. The SMILES string of the molecule is CN(C(=O)C1CCN(c2ccc(C=O)cc2)CC1)C(c1ccccc1)c1ccccc1. The van der Waals surface area contributed by atoms with Crippen LogP contribution in [0, 0.1) is 5.92 Å². The third-order valence-corrected chi connectivity index (χ3v) is 6.20. The molecule has 0 saturated carbocycles. The molecule has 1 aliphatic rings. The number of carbonyl (C=O) groups excluding carboxylic acids is 2. The van der Waals surface area contributed by atoms with E-state index in [1.165, 1.54) is 0 Å². The number of rotatable bonds is 6. The zero-order valence-electron chi connectivity index (χ0n) is 17.9. The second-order valence-corrected chi connectivity index (χ2v) is 8.14. The van der Waals surface area contributed by atoms with E-state index in [0.717, 1.165) is 49.0 Å². The summed E-state index contributed by atoms with van der Waals surface area (Å²) in [6.07, 6.45) is 2.52. The summed E-state index contributed by atoms with van der Waals surface area (Å²) in [5.41, 5.74) is 4.04. The van der Waals surface area contributed by atoms with E-state index in [4.69, 9.17) is 0 Å². The van der Waals surface area contributed by atoms with Crippen molar-refractivity contribution in [1.29, 1.82) is 0 Å². The first-order chi connectivity index (χ1) is 15.2. The van der Waals surface area contributed by atoms with E-state index < -0.39 is 0 Å². The van der Waals surface area contributed by atoms with E-state index in [2.05, 4.69) is 29.2 Å². The third kappa shape index (κ3) is 4.69. The molecule has 0 aliphatic carbocycles. The van der Waals surface area contributed by atoms with Crippen LogP contribution in [0.25, 0.3) is 0 Å². The van der Waals surface area contributed by atoms with Crippen LogP contribution < -0.4 is 4.90 Å². The third-order valence-electron chi connectivity index (χ3n) is 6.20. The first-order valence-corrected chi connectivity index (χ1v) is 10.8. The molecular weight excluding hydrogens is 384 g/mol. The van der Waals surface area contributed by atoms with Gasteiger partial charge in [0, 0.05) is 37.3 Å². The van der Waals surface area contributed by atoms with Crippen molar-refractivity contribution >= 4 is 17.9 Å². The molecule has 1 heterocycles. The van der Waals surface area contributed by atoms with Crippen LogP contribution in [0.2, 0.25) is 0 Å². The maximum atomic E-state index is 13.5. The molecule has 31 heavy (non-hydrogen) atoms. The largest absolute Gasteiger partial charge is 0.371 e. The topological polar surface area (TPSA) is 40.6 Å². The first-order valence-electron chi connectivity index (χ1n) is 10.8. The lowest BCUT2D eigenvalue weighted by Gasteiger charge is -2.37. The van der Waals surface area contributed by atoms with E-state index in [1.54, 1.807) is 0 Å². The van der Waals surface area contributed by atoms with Crippen LogP contribution in [0.1, 0.15) is 40.4 Å². The lowest BCUT2D eigenvalue weighted by atomic mass is 9.92. The van der Waals surface area contributed by atoms with Crippen molar-refractivity contribution < 1.29 is 9.59 Å². The van der Waals surface area contributed by atoms with E-state index in [9.17, 15) is 9.59 Å². The maximum absolute atomic E-state index is 13.5. The number of piperidine rings is 1. The summed E-state index contributed by atoms with van der Waals surface area (Å²) in [5, 5.41) is 0. The maximum Gasteiger partial charge on any atom is 0.226 e. The number of benzene rings is 3. The van der Waals surface area contributed by atoms with Gasteiger partial charge in [0.25, 0.3) is 0 Å². The van der Waals surface area contributed by atoms with Crippen molar-refractivity contribution in [3.63, 3.8) is 0 Å². The summed E-state index contributed by atoms with van der Waals surface area (Å²) in [5.74, 6) is 0.221. The Balaban J connectivity index is 1.47. The summed E-state index contributed by atoms with van der Waals surface area (Å²) >= 11 is 0. The quantitative estimate of drug-likeness (QED) is 0.537. The van der Waals surface area contributed by atoms with E-state index in [1.807, 2.05) is 72.6 Å². The number of amides is 1. The smallest absolute Gasteiger partial charge is 0.226 e. The van der Waals surface area contributed by atoms with Crippen molar-refractivity contribution in [3.05, 3.63) is 102 Å². The van der Waals surface area contributed by atoms with Gasteiger partial charge in [0.2, 0.25) is 5.91 Å². The van der Waals surface area contributed by atoms with Crippen molar-refractivity contribution in [2.24, 2.45) is 5.92 Å². The van der Waals surface area contributed by atoms with Crippen molar-refractivity contribution in [3.8, 4) is 0 Å². The zero-order chi connectivity index (χ0) is 21.6. The fraction of sp³-hybridized carbons (Fsp3) is 0.259. The molecule has 4 nitrogen and oxygen atoms in total. The van der Waals surface area contributed by atoms with Gasteiger partial charge in [-0.25, -0.2) is 0 Å². The molecule has 0 radical (unpaired) electrons. The fourth-order valence-electron chi connectivity index (χ4n) is 4.47. The van der Waals surface area contributed by atoms with Gasteiger partial charge in [-0.3, -0.25) is 9.59 Å². The number of nitrogens with zero attached hydrogens (tertiary/aromatic N) is 2. The molecule has 1 amide bonds. The highest BCUT2D eigenvalue weighted by atomic mass is 16.2. The molecular formula is C27H28N2O2. The van der Waals surface area contributed by atoms with E-state index >= 15 is 0 Å². The molecule has 1 saturated heterocycles. The Morgan fingerprint density at radius 3 is 1.87 bits per heavy atom. The standard InChI is InChI=1S/C27H28N2O2/c1-28(26(22-8-4-2-5-9-22)23-10-6-3-7-11-23)27(31)24-16-18-29(19-17-24)25-14-12-21(20-30)13-15-25/h2-15,20,24,26H,16-19H2,1H3. The van der Waals surface area contributed by atoms with Gasteiger partial charge in [0.05, 0.1) is 6.04 Å². The summed E-state index contributed by atoms with van der Waals surface area (Å²) in [4.78, 5) is 28.6. The van der Waals surface area contributed by atoms with Gasteiger partial charge < -0.3 is 9.80 Å². The molecule has 0 unspecified atom stereocenters. The minimum absolute atomic E-state index is 0.0189. The Hall–Kier alpha value is -3.40.